The van der Waals surface area contributed by atoms with Crippen molar-refractivity contribution in [3.8, 4) is 0 Å². The fourth-order valence-corrected chi connectivity index (χ4v) is 1.28. The molecule has 5 nitrogen and oxygen atoms in total. The average molecular weight is 279 g/mol. The molecule has 1 amide bonds. The van der Waals surface area contributed by atoms with E-state index in [1.165, 1.54) is 0 Å². The Morgan fingerprint density at radius 1 is 1.12 bits per heavy atom. The van der Waals surface area contributed by atoms with Gasteiger partial charge in [-0.3, -0.25) is 4.79 Å². The van der Waals surface area contributed by atoms with Crippen LogP contribution in [0.3, 0.4) is 0 Å². The van der Waals surface area contributed by atoms with Crippen molar-refractivity contribution in [1.82, 2.24) is 0 Å². The zero-order valence-corrected chi connectivity index (χ0v) is 11.2. The molecule has 0 aromatic heterocycles. The Labute approximate surface area is 112 Å². The lowest BCUT2D eigenvalue weighted by molar-refractivity contribution is 0.100. The molecule has 0 bridgehead atoms. The summed E-state index contributed by atoms with van der Waals surface area (Å²) in [5.41, 5.74) is 18.8. The molecule has 0 radical (unpaired) electrons. The number of aryl methyl sites for hydroxylation is 2. The normalized spacial score (nSPS) is 8.59. The quantitative estimate of drug-likeness (QED) is 0.407. The van der Waals surface area contributed by atoms with E-state index in [9.17, 15) is 4.79 Å². The molecule has 0 atom stereocenters. The maximum Gasteiger partial charge on any atom is 0.280 e. The number of rotatable bonds is 1. The van der Waals surface area contributed by atoms with Crippen LogP contribution in [0.2, 0.25) is 0 Å². The molecule has 0 saturated carbocycles. The summed E-state index contributed by atoms with van der Waals surface area (Å²) < 4.78 is 0. The number of nitrogens with two attached hydrogens (primary N) is 3. The number of nitrogens with zero attached hydrogens (tertiary/aromatic N) is 1. The fraction of sp³-hybridized carbons (Fsp3) is 0.200. The van der Waals surface area contributed by atoms with E-state index in [1.54, 1.807) is 12.1 Å². The third kappa shape index (κ3) is 4.50. The van der Waals surface area contributed by atoms with Gasteiger partial charge in [0.2, 0.25) is 0 Å². The van der Waals surface area contributed by atoms with Crippen LogP contribution in [-0.4, -0.2) is 11.9 Å². The monoisotopic (exact) mass is 278 g/mol. The second-order valence-electron chi connectivity index (χ2n) is 3.37. The summed E-state index contributed by atoms with van der Waals surface area (Å²) in [5, 5.41) is 0. The van der Waals surface area contributed by atoms with Gasteiger partial charge in [-0.05, 0) is 37.1 Å². The highest BCUT2D eigenvalue weighted by Crippen LogP contribution is 2.18. The number of hydrogen-bond donors (Lipinski definition) is 3. The molecule has 1 rings (SSSR count). The Morgan fingerprint density at radius 3 is 1.88 bits per heavy atom. The van der Waals surface area contributed by atoms with Gasteiger partial charge in [-0.1, -0.05) is 0 Å². The number of benzene rings is 1. The van der Waals surface area contributed by atoms with Crippen LogP contribution in [0.5, 0.6) is 0 Å². The van der Waals surface area contributed by atoms with E-state index in [0.29, 0.717) is 11.3 Å². The Kier molecular flexibility index (Phi) is 7.36. The van der Waals surface area contributed by atoms with Crippen molar-refractivity contribution in [2.24, 2.45) is 16.5 Å². The van der Waals surface area contributed by atoms with Crippen molar-refractivity contribution in [1.29, 1.82) is 0 Å². The lowest BCUT2D eigenvalue weighted by Crippen LogP contribution is -2.24. The predicted molar refractivity (Wildman–Crippen MR) is 75.0 cm³/mol. The van der Waals surface area contributed by atoms with Gasteiger partial charge >= 0.3 is 0 Å². The first-order valence-corrected chi connectivity index (χ1v) is 4.42. The third-order valence-electron chi connectivity index (χ3n) is 2.07. The van der Waals surface area contributed by atoms with Crippen molar-refractivity contribution in [2.75, 3.05) is 5.73 Å². The van der Waals surface area contributed by atoms with Crippen LogP contribution in [0.25, 0.3) is 0 Å². The lowest BCUT2D eigenvalue weighted by Gasteiger charge is -2.06. The number of carbonyl (C=O) groups is 1. The minimum Gasteiger partial charge on any atom is -0.398 e. The molecule has 0 aliphatic carbocycles. The van der Waals surface area contributed by atoms with Gasteiger partial charge in [0.1, 0.15) is 0 Å². The van der Waals surface area contributed by atoms with Crippen LogP contribution in [0.4, 0.5) is 5.69 Å². The summed E-state index contributed by atoms with van der Waals surface area (Å²) in [5.74, 6) is -0.701. The summed E-state index contributed by atoms with van der Waals surface area (Å²) in [4.78, 5) is 14.9. The van der Waals surface area contributed by atoms with Gasteiger partial charge in [0.15, 0.2) is 5.96 Å². The van der Waals surface area contributed by atoms with Gasteiger partial charge in [0.05, 0.1) is 0 Å². The molecule has 0 saturated heterocycles. The first-order valence-electron chi connectivity index (χ1n) is 4.42. The van der Waals surface area contributed by atoms with E-state index >= 15 is 0 Å². The van der Waals surface area contributed by atoms with Crippen molar-refractivity contribution >= 4 is 42.4 Å². The van der Waals surface area contributed by atoms with Crippen LogP contribution in [0.15, 0.2) is 17.1 Å². The molecule has 0 unspecified atom stereocenters. The van der Waals surface area contributed by atoms with Crippen LogP contribution in [-0.2, 0) is 0 Å². The molecule has 96 valence electrons. The second kappa shape index (κ2) is 6.98. The van der Waals surface area contributed by atoms with Gasteiger partial charge < -0.3 is 17.2 Å². The molecule has 0 fully saturated rings. The van der Waals surface area contributed by atoms with Gasteiger partial charge in [0, 0.05) is 11.3 Å². The minimum atomic E-state index is -0.457. The van der Waals surface area contributed by atoms with Crippen LogP contribution in [0.1, 0.15) is 21.5 Å². The number of anilines is 1. The van der Waals surface area contributed by atoms with Crippen molar-refractivity contribution < 1.29 is 4.79 Å². The van der Waals surface area contributed by atoms with Crippen molar-refractivity contribution in [3.63, 3.8) is 0 Å². The maximum atomic E-state index is 11.5. The Morgan fingerprint density at radius 2 is 1.53 bits per heavy atom. The molecule has 0 aliphatic rings. The molecule has 17 heavy (non-hydrogen) atoms. The molecule has 0 spiro atoms. The first kappa shape index (κ1) is 17.9. The van der Waals surface area contributed by atoms with E-state index < -0.39 is 5.91 Å². The minimum absolute atomic E-state index is 0. The van der Waals surface area contributed by atoms with Crippen LogP contribution in [0, 0.1) is 13.8 Å². The van der Waals surface area contributed by atoms with Crippen molar-refractivity contribution in [3.05, 3.63) is 28.8 Å². The van der Waals surface area contributed by atoms with Gasteiger partial charge in [0.25, 0.3) is 5.91 Å². The van der Waals surface area contributed by atoms with Crippen molar-refractivity contribution in [2.45, 2.75) is 13.8 Å². The molecular formula is C10H16Cl2N4O. The second-order valence-corrected chi connectivity index (χ2v) is 3.37. The third-order valence-corrected chi connectivity index (χ3v) is 2.07. The Hall–Kier alpha value is -1.46. The fourth-order valence-electron chi connectivity index (χ4n) is 1.28. The summed E-state index contributed by atoms with van der Waals surface area (Å²) in [6.45, 7) is 3.66. The molecule has 0 heterocycles. The number of nitrogen functional groups attached to an aromatic ring is 1. The maximum absolute atomic E-state index is 11.5. The first-order chi connectivity index (χ1) is 6.91. The number of carbonyl (C=O) groups excluding carboxylic acids is 1. The number of guanidine groups is 1. The summed E-state index contributed by atoms with van der Waals surface area (Å²) in [7, 11) is 0. The Bertz CT molecular complexity index is 419. The van der Waals surface area contributed by atoms with Gasteiger partial charge in [-0.15, -0.1) is 24.8 Å². The van der Waals surface area contributed by atoms with E-state index in [4.69, 9.17) is 17.2 Å². The molecule has 1 aromatic carbocycles. The summed E-state index contributed by atoms with van der Waals surface area (Å²) in [6, 6.07) is 3.33. The predicted octanol–water partition coefficient (Wildman–Crippen LogP) is 1.14. The smallest absolute Gasteiger partial charge is 0.280 e. The van der Waals surface area contributed by atoms with E-state index in [-0.39, 0.29) is 30.8 Å². The largest absolute Gasteiger partial charge is 0.398 e. The Balaban J connectivity index is 0. The molecule has 0 aliphatic heterocycles. The van der Waals surface area contributed by atoms with E-state index in [0.717, 1.165) is 11.1 Å². The van der Waals surface area contributed by atoms with Gasteiger partial charge in [-0.25, -0.2) is 0 Å². The van der Waals surface area contributed by atoms with Crippen LogP contribution < -0.4 is 17.2 Å². The number of halogens is 2. The number of aliphatic imine (C=N–C) groups is 1. The van der Waals surface area contributed by atoms with Gasteiger partial charge in [-0.2, -0.15) is 4.99 Å². The number of hydrogen-bond acceptors (Lipinski definition) is 2. The highest BCUT2D eigenvalue weighted by atomic mass is 35.5. The highest BCUT2D eigenvalue weighted by molar-refractivity contribution is 6.02. The standard InChI is InChI=1S/C10H14N4O.2ClH/c1-5-3-7(4-6(2)8(5)11)9(15)14-10(12)13;;/h3-4H,11H2,1-2H3,(H4,12,13,14,15);2*1H. The zero-order chi connectivity index (χ0) is 11.6. The topological polar surface area (TPSA) is 107 Å². The molecule has 7 heteroatoms. The highest BCUT2D eigenvalue weighted by Gasteiger charge is 2.08. The average Bonchev–Trinajstić information content (AvgIpc) is 2.12. The SMILES string of the molecule is Cc1cc(C(=O)N=C(N)N)cc(C)c1N.Cl.Cl. The molecule has 1 aromatic rings. The van der Waals surface area contributed by atoms with E-state index in [1.807, 2.05) is 13.8 Å². The lowest BCUT2D eigenvalue weighted by atomic mass is 10.0. The van der Waals surface area contributed by atoms with Crippen LogP contribution >= 0.6 is 24.8 Å². The summed E-state index contributed by atoms with van der Waals surface area (Å²) >= 11 is 0. The molecule has 6 N–H and O–H groups in total. The molecular weight excluding hydrogens is 263 g/mol. The zero-order valence-electron chi connectivity index (χ0n) is 9.56. The number of amides is 1. The summed E-state index contributed by atoms with van der Waals surface area (Å²) in [6.07, 6.45) is 0. The van der Waals surface area contributed by atoms with E-state index in [2.05, 4.69) is 4.99 Å².